The van der Waals surface area contributed by atoms with Crippen molar-refractivity contribution in [3.8, 4) is 0 Å². The molecule has 1 radical (unpaired) electrons. The molecule has 0 aromatic rings. The van der Waals surface area contributed by atoms with E-state index in [1.165, 1.54) is 6.92 Å². The molecule has 67 valence electrons. The fourth-order valence-corrected chi connectivity index (χ4v) is 1.09. The maximum Gasteiger partial charge on any atom is 0.285 e. The lowest BCUT2D eigenvalue weighted by Gasteiger charge is -2.33. The van der Waals surface area contributed by atoms with Gasteiger partial charge >= 0.3 is 0 Å². The Balaban J connectivity index is 4.75. The van der Waals surface area contributed by atoms with Gasteiger partial charge < -0.3 is 0 Å². The van der Waals surface area contributed by atoms with Gasteiger partial charge in [0.2, 0.25) is 4.33 Å². The number of alkyl halides is 6. The Morgan fingerprint density at radius 1 is 0.909 bits per heavy atom. The molecule has 0 heterocycles. The van der Waals surface area contributed by atoms with E-state index >= 15 is 0 Å². The van der Waals surface area contributed by atoms with Crippen LogP contribution >= 0.6 is 69.6 Å². The maximum absolute atomic E-state index is 10.9. The predicted octanol–water partition coefficient (Wildman–Crippen LogP) is 3.92. The Morgan fingerprint density at radius 2 is 1.18 bits per heavy atom. The highest BCUT2D eigenvalue weighted by atomic mass is 35.5. The van der Waals surface area contributed by atoms with Crippen LogP contribution in [0.4, 0.5) is 0 Å². The molecule has 0 spiro atoms. The summed E-state index contributed by atoms with van der Waals surface area (Å²) < 4.78 is -6.55. The van der Waals surface area contributed by atoms with Crippen LogP contribution in [0.5, 0.6) is 0 Å². The van der Waals surface area contributed by atoms with Gasteiger partial charge in [0.05, 0.1) is 0 Å². The molecule has 0 saturated heterocycles. The highest BCUT2D eigenvalue weighted by Gasteiger charge is 2.58. The quantitative estimate of drug-likeness (QED) is 0.683. The Bertz CT molecular complexity index is 126. The standard InChI is InChI=1S/C4H3Cl6O/c1-2(5,6)3(7,8)4(9,10)11/h1H3. The fraction of sp³-hybridized carbons (Fsp3) is 1.00. The van der Waals surface area contributed by atoms with Gasteiger partial charge in [0.25, 0.3) is 4.52 Å². The van der Waals surface area contributed by atoms with Crippen LogP contribution in [0.2, 0.25) is 0 Å². The summed E-state index contributed by atoms with van der Waals surface area (Å²) in [6.07, 6.45) is 0. The van der Waals surface area contributed by atoms with Crippen molar-refractivity contribution in [2.24, 2.45) is 0 Å². The van der Waals surface area contributed by atoms with E-state index in [4.69, 9.17) is 69.6 Å². The van der Waals surface area contributed by atoms with Crippen molar-refractivity contribution in [3.63, 3.8) is 0 Å². The monoisotopic (exact) mass is 277 g/mol. The smallest absolute Gasteiger partial charge is 0.190 e. The minimum absolute atomic E-state index is 1.22. The molecule has 0 atom stereocenters. The predicted molar refractivity (Wildman–Crippen MR) is 49.7 cm³/mol. The first kappa shape index (κ1) is 12.7. The molecular formula is C4H3Cl6O. The van der Waals surface area contributed by atoms with E-state index in [1.807, 2.05) is 0 Å². The van der Waals surface area contributed by atoms with Crippen LogP contribution in [-0.2, 0) is 5.11 Å². The van der Waals surface area contributed by atoms with Crippen molar-refractivity contribution in [3.05, 3.63) is 0 Å². The van der Waals surface area contributed by atoms with Crippen LogP contribution in [0.15, 0.2) is 0 Å². The minimum Gasteiger partial charge on any atom is -0.190 e. The normalized spacial score (nSPS) is 15.3. The zero-order chi connectivity index (χ0) is 9.50. The van der Waals surface area contributed by atoms with Crippen molar-refractivity contribution in [2.75, 3.05) is 0 Å². The third kappa shape index (κ3) is 2.84. The molecule has 0 fully saturated rings. The molecule has 0 bridgehead atoms. The van der Waals surface area contributed by atoms with Crippen LogP contribution in [-0.4, -0.2) is 13.2 Å². The molecule has 0 aliphatic heterocycles. The summed E-state index contributed by atoms with van der Waals surface area (Å²) in [6, 6.07) is 0. The Labute approximate surface area is 94.4 Å². The molecule has 0 N–H and O–H groups in total. The molecule has 0 aliphatic rings. The summed E-state index contributed by atoms with van der Waals surface area (Å²) >= 11 is 31.9. The van der Waals surface area contributed by atoms with Crippen molar-refractivity contribution < 1.29 is 5.11 Å². The SMILES string of the molecule is CC(Cl)(Cl)C(Cl)(Cl)C([O])(Cl)Cl. The van der Waals surface area contributed by atoms with Crippen molar-refractivity contribution in [2.45, 2.75) is 20.1 Å². The largest absolute Gasteiger partial charge is 0.285 e. The van der Waals surface area contributed by atoms with Gasteiger partial charge in [-0.1, -0.05) is 69.6 Å². The van der Waals surface area contributed by atoms with E-state index in [1.54, 1.807) is 0 Å². The Kier molecular flexibility index (Phi) is 3.99. The highest BCUT2D eigenvalue weighted by Crippen LogP contribution is 2.52. The van der Waals surface area contributed by atoms with E-state index in [-0.39, 0.29) is 0 Å². The lowest BCUT2D eigenvalue weighted by atomic mass is 10.3. The summed E-state index contributed by atoms with van der Waals surface area (Å²) in [4.78, 5) is 0. The van der Waals surface area contributed by atoms with E-state index in [2.05, 4.69) is 0 Å². The molecule has 1 nitrogen and oxygen atoms in total. The zero-order valence-corrected chi connectivity index (χ0v) is 9.71. The molecule has 0 aromatic carbocycles. The van der Waals surface area contributed by atoms with E-state index in [9.17, 15) is 5.11 Å². The van der Waals surface area contributed by atoms with Crippen molar-refractivity contribution >= 4 is 69.6 Å². The summed E-state index contributed by atoms with van der Waals surface area (Å²) in [5.74, 6) is 0. The number of halogens is 6. The second-order valence-corrected chi connectivity index (χ2v) is 6.27. The van der Waals surface area contributed by atoms with Gasteiger partial charge in [0, 0.05) is 0 Å². The third-order valence-corrected chi connectivity index (χ3v) is 4.11. The molecule has 0 rings (SSSR count). The fourth-order valence-electron chi connectivity index (χ4n) is 0.256. The second-order valence-electron chi connectivity index (χ2n) is 1.98. The average molecular weight is 280 g/mol. The average Bonchev–Trinajstić information content (AvgIpc) is 1.58. The number of rotatable bonds is 2. The summed E-state index contributed by atoms with van der Waals surface area (Å²) in [5.41, 5.74) is 0. The third-order valence-electron chi connectivity index (χ3n) is 0.917. The van der Waals surface area contributed by atoms with Gasteiger partial charge in [-0.15, -0.1) is 0 Å². The lowest BCUT2D eigenvalue weighted by molar-refractivity contribution is 0.102. The molecule has 11 heavy (non-hydrogen) atoms. The van der Waals surface area contributed by atoms with Crippen LogP contribution in [0.3, 0.4) is 0 Å². The van der Waals surface area contributed by atoms with Gasteiger partial charge in [-0.25, -0.2) is 0 Å². The molecule has 0 saturated carbocycles. The molecular weight excluding hydrogens is 277 g/mol. The second kappa shape index (κ2) is 3.45. The minimum atomic E-state index is -2.66. The first-order valence-electron chi connectivity index (χ1n) is 2.34. The molecule has 7 heteroatoms. The van der Waals surface area contributed by atoms with Crippen molar-refractivity contribution in [1.29, 1.82) is 0 Å². The van der Waals surface area contributed by atoms with Gasteiger partial charge in [0.15, 0.2) is 4.33 Å². The molecule has 0 aromatic heterocycles. The van der Waals surface area contributed by atoms with Crippen LogP contribution < -0.4 is 0 Å². The van der Waals surface area contributed by atoms with Crippen LogP contribution in [0.1, 0.15) is 6.92 Å². The first-order valence-corrected chi connectivity index (χ1v) is 4.61. The molecule has 0 aliphatic carbocycles. The zero-order valence-electron chi connectivity index (χ0n) is 5.18. The van der Waals surface area contributed by atoms with Gasteiger partial charge in [-0.05, 0) is 6.92 Å². The summed E-state index contributed by atoms with van der Waals surface area (Å²) in [5, 5.41) is 10.9. The highest BCUT2D eigenvalue weighted by molar-refractivity contribution is 6.68. The van der Waals surface area contributed by atoms with Crippen LogP contribution in [0, 0.1) is 0 Å². The Morgan fingerprint density at radius 3 is 1.18 bits per heavy atom. The lowest BCUT2D eigenvalue weighted by Crippen LogP contribution is -2.47. The summed E-state index contributed by atoms with van der Waals surface area (Å²) in [7, 11) is 0. The number of hydrogen-bond acceptors (Lipinski definition) is 0. The van der Waals surface area contributed by atoms with Crippen molar-refractivity contribution in [1.82, 2.24) is 0 Å². The Hall–Kier alpha value is 1.70. The summed E-state index contributed by atoms with van der Waals surface area (Å²) in [6.45, 7) is 1.22. The van der Waals surface area contributed by atoms with Gasteiger partial charge in [0.1, 0.15) is 0 Å². The van der Waals surface area contributed by atoms with E-state index in [0.717, 1.165) is 0 Å². The molecule has 0 amide bonds. The maximum atomic E-state index is 10.9. The van der Waals surface area contributed by atoms with Gasteiger partial charge in [-0.3, -0.25) is 0 Å². The topological polar surface area (TPSA) is 19.9 Å². The number of hydrogen-bond donors (Lipinski definition) is 0. The van der Waals surface area contributed by atoms with E-state index < -0.39 is 13.2 Å². The van der Waals surface area contributed by atoms with Gasteiger partial charge in [-0.2, -0.15) is 5.11 Å². The van der Waals surface area contributed by atoms with E-state index in [0.29, 0.717) is 0 Å². The molecule has 0 unspecified atom stereocenters. The first-order chi connectivity index (χ1) is 4.50. The van der Waals surface area contributed by atoms with Crippen LogP contribution in [0.25, 0.3) is 0 Å².